The fourth-order valence-electron chi connectivity index (χ4n) is 2.01. The monoisotopic (exact) mass is 205 g/mol. The molecule has 0 bridgehead atoms. The SMILES string of the molecule is O=CC1(Cc2ccccn2)CCCOC1. The first-order valence-corrected chi connectivity index (χ1v) is 5.29. The third kappa shape index (κ3) is 2.42. The van der Waals surface area contributed by atoms with Gasteiger partial charge in [-0.15, -0.1) is 0 Å². The molecule has 0 spiro atoms. The van der Waals surface area contributed by atoms with Gasteiger partial charge in [-0.25, -0.2) is 0 Å². The number of rotatable bonds is 3. The maximum absolute atomic E-state index is 11.2. The molecule has 0 aliphatic carbocycles. The number of ether oxygens (including phenoxy) is 1. The number of hydrogen-bond donors (Lipinski definition) is 0. The summed E-state index contributed by atoms with van der Waals surface area (Å²) in [6.07, 6.45) is 5.37. The zero-order valence-electron chi connectivity index (χ0n) is 8.69. The molecule has 1 atom stereocenters. The fraction of sp³-hybridized carbons (Fsp3) is 0.500. The molecule has 0 aromatic carbocycles. The molecule has 80 valence electrons. The summed E-state index contributed by atoms with van der Waals surface area (Å²) in [7, 11) is 0. The van der Waals surface area contributed by atoms with Gasteiger partial charge in [0.2, 0.25) is 0 Å². The Labute approximate surface area is 89.5 Å². The summed E-state index contributed by atoms with van der Waals surface area (Å²) in [5, 5.41) is 0. The lowest BCUT2D eigenvalue weighted by atomic mass is 9.80. The molecule has 2 heterocycles. The van der Waals surface area contributed by atoms with Crippen LogP contribution >= 0.6 is 0 Å². The number of nitrogens with zero attached hydrogens (tertiary/aromatic N) is 1. The molecule has 15 heavy (non-hydrogen) atoms. The van der Waals surface area contributed by atoms with Crippen molar-refractivity contribution in [3.8, 4) is 0 Å². The number of aldehydes is 1. The molecule has 1 saturated heterocycles. The number of pyridine rings is 1. The van der Waals surface area contributed by atoms with Crippen molar-refractivity contribution in [2.75, 3.05) is 13.2 Å². The van der Waals surface area contributed by atoms with Gasteiger partial charge in [-0.3, -0.25) is 4.98 Å². The third-order valence-corrected chi connectivity index (χ3v) is 2.86. The van der Waals surface area contributed by atoms with Crippen molar-refractivity contribution in [2.24, 2.45) is 5.41 Å². The van der Waals surface area contributed by atoms with Gasteiger partial charge >= 0.3 is 0 Å². The summed E-state index contributed by atoms with van der Waals surface area (Å²) in [6.45, 7) is 1.31. The van der Waals surface area contributed by atoms with Gasteiger partial charge in [-0.05, 0) is 25.0 Å². The van der Waals surface area contributed by atoms with Crippen molar-refractivity contribution in [3.63, 3.8) is 0 Å². The summed E-state index contributed by atoms with van der Waals surface area (Å²) in [5.41, 5.74) is 0.627. The van der Waals surface area contributed by atoms with Crippen LogP contribution < -0.4 is 0 Å². The van der Waals surface area contributed by atoms with E-state index in [0.29, 0.717) is 13.0 Å². The van der Waals surface area contributed by atoms with Crippen molar-refractivity contribution < 1.29 is 9.53 Å². The van der Waals surface area contributed by atoms with Crippen molar-refractivity contribution in [1.82, 2.24) is 4.98 Å². The number of hydrogen-bond acceptors (Lipinski definition) is 3. The Balaban J connectivity index is 2.10. The molecular formula is C12H15NO2. The number of aromatic nitrogens is 1. The van der Waals surface area contributed by atoms with Gasteiger partial charge in [0, 0.05) is 24.9 Å². The zero-order valence-corrected chi connectivity index (χ0v) is 8.69. The molecule has 0 saturated carbocycles. The van der Waals surface area contributed by atoms with E-state index in [-0.39, 0.29) is 5.41 Å². The van der Waals surface area contributed by atoms with E-state index in [0.717, 1.165) is 31.4 Å². The molecule has 3 heteroatoms. The van der Waals surface area contributed by atoms with Crippen LogP contribution in [0.1, 0.15) is 18.5 Å². The second-order valence-corrected chi connectivity index (χ2v) is 4.13. The summed E-state index contributed by atoms with van der Waals surface area (Å²) in [5.74, 6) is 0. The fourth-order valence-corrected chi connectivity index (χ4v) is 2.01. The van der Waals surface area contributed by atoms with Crippen LogP contribution in [0.2, 0.25) is 0 Å². The highest BCUT2D eigenvalue weighted by Crippen LogP contribution is 2.29. The lowest BCUT2D eigenvalue weighted by Crippen LogP contribution is -2.35. The first-order valence-electron chi connectivity index (χ1n) is 5.29. The largest absolute Gasteiger partial charge is 0.380 e. The van der Waals surface area contributed by atoms with Gasteiger partial charge in [0.25, 0.3) is 0 Å². The highest BCUT2D eigenvalue weighted by Gasteiger charge is 2.33. The minimum Gasteiger partial charge on any atom is -0.380 e. The highest BCUT2D eigenvalue weighted by molar-refractivity contribution is 5.60. The van der Waals surface area contributed by atoms with Crippen LogP contribution in [0.3, 0.4) is 0 Å². The minimum atomic E-state index is -0.341. The molecule has 1 aromatic rings. The van der Waals surface area contributed by atoms with Crippen LogP contribution in [0.15, 0.2) is 24.4 Å². The second kappa shape index (κ2) is 4.53. The quantitative estimate of drug-likeness (QED) is 0.704. The third-order valence-electron chi connectivity index (χ3n) is 2.86. The van der Waals surface area contributed by atoms with Gasteiger partial charge in [0.05, 0.1) is 12.0 Å². The van der Waals surface area contributed by atoms with Crippen LogP contribution in [0.4, 0.5) is 0 Å². The summed E-state index contributed by atoms with van der Waals surface area (Å²) < 4.78 is 5.39. The summed E-state index contributed by atoms with van der Waals surface area (Å²) >= 11 is 0. The normalized spacial score (nSPS) is 26.1. The minimum absolute atomic E-state index is 0.341. The predicted octanol–water partition coefficient (Wildman–Crippen LogP) is 1.62. The predicted molar refractivity (Wildman–Crippen MR) is 56.5 cm³/mol. The maximum atomic E-state index is 11.2. The van der Waals surface area contributed by atoms with E-state index in [1.165, 1.54) is 0 Å². The topological polar surface area (TPSA) is 39.2 Å². The van der Waals surface area contributed by atoms with Crippen LogP contribution in [0, 0.1) is 5.41 Å². The smallest absolute Gasteiger partial charge is 0.128 e. The lowest BCUT2D eigenvalue weighted by molar-refractivity contribution is -0.123. The van der Waals surface area contributed by atoms with E-state index < -0.39 is 0 Å². The average molecular weight is 205 g/mol. The Morgan fingerprint density at radius 2 is 2.47 bits per heavy atom. The summed E-state index contributed by atoms with van der Waals surface area (Å²) in [4.78, 5) is 15.4. The van der Waals surface area contributed by atoms with Crippen LogP contribution in [0.25, 0.3) is 0 Å². The van der Waals surface area contributed by atoms with Gasteiger partial charge in [0.15, 0.2) is 0 Å². The first kappa shape index (κ1) is 10.3. The van der Waals surface area contributed by atoms with Crippen molar-refractivity contribution >= 4 is 6.29 Å². The Kier molecular flexibility index (Phi) is 3.11. The molecule has 1 fully saturated rings. The van der Waals surface area contributed by atoms with Crippen LogP contribution in [-0.2, 0) is 16.0 Å². The molecular weight excluding hydrogens is 190 g/mol. The molecule has 2 rings (SSSR count). The molecule has 0 N–H and O–H groups in total. The number of carbonyl (C=O) groups excluding carboxylic acids is 1. The van der Waals surface area contributed by atoms with E-state index in [4.69, 9.17) is 4.74 Å². The average Bonchev–Trinajstić information content (AvgIpc) is 2.32. The Bertz CT molecular complexity index is 318. The highest BCUT2D eigenvalue weighted by atomic mass is 16.5. The van der Waals surface area contributed by atoms with Gasteiger partial charge in [-0.1, -0.05) is 6.07 Å². The molecule has 1 unspecified atom stereocenters. The zero-order chi connectivity index (χ0) is 10.6. The van der Waals surface area contributed by atoms with Gasteiger partial charge in [0.1, 0.15) is 6.29 Å². The molecule has 3 nitrogen and oxygen atoms in total. The molecule has 0 amide bonds. The van der Waals surface area contributed by atoms with E-state index >= 15 is 0 Å². The van der Waals surface area contributed by atoms with Crippen LogP contribution in [-0.4, -0.2) is 24.5 Å². The van der Waals surface area contributed by atoms with E-state index in [9.17, 15) is 4.79 Å². The molecule has 1 aliphatic rings. The first-order chi connectivity index (χ1) is 7.35. The van der Waals surface area contributed by atoms with E-state index in [1.54, 1.807) is 6.20 Å². The second-order valence-electron chi connectivity index (χ2n) is 4.13. The lowest BCUT2D eigenvalue weighted by Gasteiger charge is -2.31. The van der Waals surface area contributed by atoms with Crippen LogP contribution in [0.5, 0.6) is 0 Å². The Morgan fingerprint density at radius 3 is 3.07 bits per heavy atom. The number of carbonyl (C=O) groups is 1. The van der Waals surface area contributed by atoms with Crippen molar-refractivity contribution in [3.05, 3.63) is 30.1 Å². The van der Waals surface area contributed by atoms with Gasteiger partial charge in [-0.2, -0.15) is 0 Å². The van der Waals surface area contributed by atoms with E-state index in [2.05, 4.69) is 4.98 Å². The summed E-state index contributed by atoms with van der Waals surface area (Å²) in [6, 6.07) is 5.79. The molecule has 1 aromatic heterocycles. The standard InChI is InChI=1S/C12H15NO2/c14-9-12(5-3-7-15-10-12)8-11-4-1-2-6-13-11/h1-2,4,6,9H,3,5,7-8,10H2. The van der Waals surface area contributed by atoms with Crippen molar-refractivity contribution in [1.29, 1.82) is 0 Å². The molecule has 1 aliphatic heterocycles. The van der Waals surface area contributed by atoms with Crippen molar-refractivity contribution in [2.45, 2.75) is 19.3 Å². The van der Waals surface area contributed by atoms with Gasteiger partial charge < -0.3 is 9.53 Å². The van der Waals surface area contributed by atoms with E-state index in [1.807, 2.05) is 18.2 Å². The Morgan fingerprint density at radius 1 is 1.53 bits per heavy atom. The Hall–Kier alpha value is -1.22. The molecule has 0 radical (unpaired) electrons. The maximum Gasteiger partial charge on any atom is 0.128 e.